The lowest BCUT2D eigenvalue weighted by atomic mass is 9.72. The van der Waals surface area contributed by atoms with Crippen LogP contribution in [0.1, 0.15) is 57.6 Å². The molecule has 1 aromatic heterocycles. The predicted molar refractivity (Wildman–Crippen MR) is 77.3 cm³/mol. The molecule has 1 fully saturated rings. The van der Waals surface area contributed by atoms with Crippen LogP contribution in [0.5, 0.6) is 0 Å². The Morgan fingerprint density at radius 2 is 2.00 bits per heavy atom. The van der Waals surface area contributed by atoms with Crippen molar-refractivity contribution in [3.05, 3.63) is 20.8 Å². The van der Waals surface area contributed by atoms with Crippen LogP contribution < -0.4 is 0 Å². The van der Waals surface area contributed by atoms with Gasteiger partial charge in [0.1, 0.15) is 0 Å². The zero-order valence-corrected chi connectivity index (χ0v) is 13.0. The molecule has 1 atom stereocenters. The maximum absolute atomic E-state index is 10.8. The van der Waals surface area contributed by atoms with Gasteiger partial charge in [0.05, 0.1) is 6.10 Å². The predicted octanol–water partition coefficient (Wildman–Crippen LogP) is 5.15. The topological polar surface area (TPSA) is 20.2 Å². The Kier molecular flexibility index (Phi) is 4.32. The van der Waals surface area contributed by atoms with E-state index in [0.29, 0.717) is 5.92 Å². The lowest BCUT2D eigenvalue weighted by Gasteiger charge is -2.36. The van der Waals surface area contributed by atoms with Crippen LogP contribution >= 0.6 is 27.3 Å². The Hall–Kier alpha value is 0.140. The molecule has 1 aromatic rings. The molecule has 1 aliphatic carbocycles. The third-order valence-corrected chi connectivity index (χ3v) is 5.68. The molecule has 2 rings (SSSR count). The molecule has 1 aliphatic rings. The Bertz CT molecular complexity index is 366. The zero-order valence-electron chi connectivity index (χ0n) is 10.6. The molecule has 1 unspecified atom stereocenters. The molecule has 96 valence electrons. The molecule has 0 radical (unpaired) electrons. The van der Waals surface area contributed by atoms with Gasteiger partial charge in [-0.1, -0.05) is 26.7 Å². The van der Waals surface area contributed by atoms with Gasteiger partial charge in [0.2, 0.25) is 0 Å². The van der Waals surface area contributed by atoms with Crippen LogP contribution in [0.25, 0.3) is 0 Å². The fraction of sp³-hybridized carbons (Fsp3) is 0.714. The highest BCUT2D eigenvalue weighted by molar-refractivity contribution is 9.10. The van der Waals surface area contributed by atoms with E-state index in [4.69, 9.17) is 0 Å². The van der Waals surface area contributed by atoms with Crippen LogP contribution in [-0.4, -0.2) is 5.11 Å². The molecule has 17 heavy (non-hydrogen) atoms. The van der Waals surface area contributed by atoms with Crippen molar-refractivity contribution in [1.82, 2.24) is 0 Å². The van der Waals surface area contributed by atoms with Crippen LogP contribution in [0.4, 0.5) is 0 Å². The minimum absolute atomic E-state index is 0.123. The molecular weight excluding hydrogens is 296 g/mol. The molecule has 0 aliphatic heterocycles. The van der Waals surface area contributed by atoms with Gasteiger partial charge in [-0.25, -0.2) is 0 Å². The summed E-state index contributed by atoms with van der Waals surface area (Å²) < 4.78 is 1.07. The average Bonchev–Trinajstić information content (AvgIpc) is 2.86. The Balaban J connectivity index is 2.24. The molecule has 0 aromatic carbocycles. The number of aliphatic hydroxyl groups excluding tert-OH is 1. The quantitative estimate of drug-likeness (QED) is 0.814. The van der Waals surface area contributed by atoms with Crippen LogP contribution in [0.3, 0.4) is 0 Å². The minimum atomic E-state index is -0.298. The number of hydrogen-bond acceptors (Lipinski definition) is 2. The minimum Gasteiger partial charge on any atom is -0.388 e. The van der Waals surface area contributed by atoms with E-state index in [1.54, 1.807) is 11.3 Å². The molecule has 1 saturated carbocycles. The number of halogens is 1. The van der Waals surface area contributed by atoms with Crippen molar-refractivity contribution in [3.63, 3.8) is 0 Å². The summed E-state index contributed by atoms with van der Waals surface area (Å²) in [5.74, 6) is 0.653. The van der Waals surface area contributed by atoms with Gasteiger partial charge in [0.15, 0.2) is 0 Å². The first-order valence-corrected chi connectivity index (χ1v) is 8.18. The van der Waals surface area contributed by atoms with Gasteiger partial charge in [-0.15, -0.1) is 0 Å². The lowest BCUT2D eigenvalue weighted by molar-refractivity contribution is 0.0110. The molecule has 1 heterocycles. The molecule has 0 bridgehead atoms. The highest BCUT2D eigenvalue weighted by Crippen LogP contribution is 2.52. The second kappa shape index (κ2) is 5.41. The van der Waals surface area contributed by atoms with E-state index in [9.17, 15) is 5.11 Å². The van der Waals surface area contributed by atoms with Gasteiger partial charge in [0, 0.05) is 20.8 Å². The molecule has 1 nitrogen and oxygen atoms in total. The van der Waals surface area contributed by atoms with E-state index in [1.807, 2.05) is 0 Å². The van der Waals surface area contributed by atoms with Crippen molar-refractivity contribution >= 4 is 27.3 Å². The first kappa shape index (κ1) is 13.6. The summed E-state index contributed by atoms with van der Waals surface area (Å²) in [6.07, 6.45) is 5.73. The smallest absolute Gasteiger partial charge is 0.0865 e. The van der Waals surface area contributed by atoms with Crippen molar-refractivity contribution < 1.29 is 5.11 Å². The third kappa shape index (κ3) is 2.77. The van der Waals surface area contributed by atoms with E-state index in [0.717, 1.165) is 16.5 Å². The van der Waals surface area contributed by atoms with Crippen LogP contribution in [-0.2, 0) is 0 Å². The van der Waals surface area contributed by atoms with Crippen molar-refractivity contribution in [2.75, 3.05) is 0 Å². The van der Waals surface area contributed by atoms with Crippen molar-refractivity contribution in [3.8, 4) is 0 Å². The summed E-state index contributed by atoms with van der Waals surface area (Å²) >= 11 is 5.22. The monoisotopic (exact) mass is 316 g/mol. The highest BCUT2D eigenvalue weighted by Gasteiger charge is 2.42. The Morgan fingerprint density at radius 3 is 2.47 bits per heavy atom. The first-order valence-electron chi connectivity index (χ1n) is 6.45. The first-order chi connectivity index (χ1) is 8.05. The fourth-order valence-corrected chi connectivity index (χ4v) is 4.83. The summed E-state index contributed by atoms with van der Waals surface area (Å²) in [5, 5.41) is 14.9. The van der Waals surface area contributed by atoms with Crippen LogP contribution in [0.15, 0.2) is 15.2 Å². The van der Waals surface area contributed by atoms with Crippen molar-refractivity contribution in [2.45, 2.75) is 52.1 Å². The van der Waals surface area contributed by atoms with Gasteiger partial charge >= 0.3 is 0 Å². The summed E-state index contributed by atoms with van der Waals surface area (Å²) in [4.78, 5) is 0. The molecular formula is C14H21BrOS. The summed E-state index contributed by atoms with van der Waals surface area (Å²) in [6, 6.07) is 0. The molecule has 0 amide bonds. The standard InChI is InChI=1S/C14H21BrOS/c1-10(2)7-14(5-3-4-6-14)13(16)11-8-17-9-12(11)15/h8-10,13,16H,3-7H2,1-2H3. The maximum atomic E-state index is 10.8. The van der Waals surface area contributed by atoms with Gasteiger partial charge in [0.25, 0.3) is 0 Å². The lowest BCUT2D eigenvalue weighted by Crippen LogP contribution is -2.27. The molecule has 0 saturated heterocycles. The SMILES string of the molecule is CC(C)CC1(C(O)c2cscc2Br)CCCC1. The van der Waals surface area contributed by atoms with E-state index in [1.165, 1.54) is 25.7 Å². The summed E-state index contributed by atoms with van der Waals surface area (Å²) in [6.45, 7) is 4.52. The van der Waals surface area contributed by atoms with E-state index < -0.39 is 0 Å². The van der Waals surface area contributed by atoms with Gasteiger partial charge < -0.3 is 5.11 Å². The van der Waals surface area contributed by atoms with Crippen molar-refractivity contribution in [2.24, 2.45) is 11.3 Å². The molecule has 3 heteroatoms. The molecule has 1 N–H and O–H groups in total. The van der Waals surface area contributed by atoms with Gasteiger partial charge in [-0.2, -0.15) is 11.3 Å². The maximum Gasteiger partial charge on any atom is 0.0865 e. The van der Waals surface area contributed by atoms with Crippen LogP contribution in [0.2, 0.25) is 0 Å². The Labute approximate surface area is 116 Å². The van der Waals surface area contributed by atoms with E-state index in [-0.39, 0.29) is 11.5 Å². The summed E-state index contributed by atoms with van der Waals surface area (Å²) in [7, 11) is 0. The van der Waals surface area contributed by atoms with Gasteiger partial charge in [-0.3, -0.25) is 0 Å². The number of aliphatic hydroxyl groups is 1. The summed E-state index contributed by atoms with van der Waals surface area (Å²) in [5.41, 5.74) is 1.22. The number of hydrogen-bond donors (Lipinski definition) is 1. The second-order valence-corrected chi connectivity index (χ2v) is 7.34. The largest absolute Gasteiger partial charge is 0.388 e. The van der Waals surface area contributed by atoms with Gasteiger partial charge in [-0.05, 0) is 46.5 Å². The normalized spacial score (nSPS) is 21.0. The van der Waals surface area contributed by atoms with Crippen molar-refractivity contribution in [1.29, 1.82) is 0 Å². The average molecular weight is 317 g/mol. The molecule has 0 spiro atoms. The zero-order chi connectivity index (χ0) is 12.5. The fourth-order valence-electron chi connectivity index (χ4n) is 3.30. The Morgan fingerprint density at radius 1 is 1.35 bits per heavy atom. The van der Waals surface area contributed by atoms with E-state index in [2.05, 4.69) is 40.5 Å². The second-order valence-electron chi connectivity index (χ2n) is 5.75. The van der Waals surface area contributed by atoms with Crippen LogP contribution in [0, 0.1) is 11.3 Å². The number of rotatable bonds is 4. The van der Waals surface area contributed by atoms with E-state index >= 15 is 0 Å². The third-order valence-electron chi connectivity index (χ3n) is 3.93. The highest BCUT2D eigenvalue weighted by atomic mass is 79.9. The number of thiophene rings is 1.